The maximum absolute atomic E-state index is 5.24. The van der Waals surface area contributed by atoms with Crippen molar-refractivity contribution in [1.29, 1.82) is 0 Å². The Morgan fingerprint density at radius 2 is 2.29 bits per heavy atom. The highest BCUT2D eigenvalue weighted by Crippen LogP contribution is 2.27. The zero-order valence-corrected chi connectivity index (χ0v) is 10.2. The Hall–Kier alpha value is -1.55. The number of hydrogen-bond acceptors (Lipinski definition) is 3. The summed E-state index contributed by atoms with van der Waals surface area (Å²) in [6, 6.07) is 6.23. The van der Waals surface area contributed by atoms with Gasteiger partial charge in [-0.05, 0) is 25.1 Å². The average molecular weight is 231 g/mol. The lowest BCUT2D eigenvalue weighted by molar-refractivity contribution is -0.0924. The molecule has 0 unspecified atom stereocenters. The van der Waals surface area contributed by atoms with Gasteiger partial charge in [0.05, 0.1) is 24.2 Å². The minimum absolute atomic E-state index is 0.291. The molecule has 0 aliphatic carbocycles. The van der Waals surface area contributed by atoms with Gasteiger partial charge in [-0.1, -0.05) is 6.92 Å². The number of rotatable bonds is 3. The summed E-state index contributed by atoms with van der Waals surface area (Å²) in [5.41, 5.74) is 3.53. The fourth-order valence-electron chi connectivity index (χ4n) is 2.12. The molecule has 0 saturated carbocycles. The van der Waals surface area contributed by atoms with Gasteiger partial charge < -0.3 is 15.0 Å². The zero-order valence-electron chi connectivity index (χ0n) is 10.2. The molecule has 90 valence electrons. The van der Waals surface area contributed by atoms with Crippen molar-refractivity contribution in [3.05, 3.63) is 24.0 Å². The van der Waals surface area contributed by atoms with Crippen LogP contribution in [0.2, 0.25) is 0 Å². The lowest BCUT2D eigenvalue weighted by Crippen LogP contribution is -2.45. The Morgan fingerprint density at radius 3 is 3.00 bits per heavy atom. The van der Waals surface area contributed by atoms with E-state index >= 15 is 0 Å². The number of nitrogens with zero attached hydrogens (tertiary/aromatic N) is 1. The molecular weight excluding hydrogens is 214 g/mol. The first-order valence-corrected chi connectivity index (χ1v) is 5.93. The zero-order chi connectivity index (χ0) is 11.9. The van der Waals surface area contributed by atoms with Gasteiger partial charge in [-0.15, -0.1) is 0 Å². The van der Waals surface area contributed by atoms with E-state index in [1.807, 2.05) is 13.0 Å². The van der Waals surface area contributed by atoms with Gasteiger partial charge in [-0.3, -0.25) is 0 Å². The number of ether oxygens (including phenoxy) is 1. The molecule has 0 spiro atoms. The molecule has 1 aromatic heterocycles. The van der Waals surface area contributed by atoms with E-state index in [-0.39, 0.29) is 0 Å². The predicted molar refractivity (Wildman–Crippen MR) is 68.2 cm³/mol. The van der Waals surface area contributed by atoms with Crippen molar-refractivity contribution >= 4 is 16.7 Å². The number of hydrogen-bond donors (Lipinski definition) is 2. The molecule has 1 aromatic carbocycles. The molecular formula is C13H17N3O. The highest BCUT2D eigenvalue weighted by Gasteiger charge is 2.32. The summed E-state index contributed by atoms with van der Waals surface area (Å²) >= 11 is 0. The molecule has 1 aliphatic rings. The van der Waals surface area contributed by atoms with Crippen LogP contribution in [0.15, 0.2) is 18.2 Å². The maximum atomic E-state index is 5.24. The smallest absolute Gasteiger partial charge is 0.104 e. The topological polar surface area (TPSA) is 49.9 Å². The Balaban J connectivity index is 1.76. The summed E-state index contributed by atoms with van der Waals surface area (Å²) in [7, 11) is 0. The van der Waals surface area contributed by atoms with Crippen molar-refractivity contribution in [2.24, 2.45) is 5.41 Å². The van der Waals surface area contributed by atoms with Crippen molar-refractivity contribution in [3.63, 3.8) is 0 Å². The lowest BCUT2D eigenvalue weighted by Gasteiger charge is -2.38. The van der Waals surface area contributed by atoms with Crippen LogP contribution in [-0.4, -0.2) is 29.7 Å². The Kier molecular flexibility index (Phi) is 2.33. The fourth-order valence-corrected chi connectivity index (χ4v) is 2.12. The number of benzene rings is 1. The van der Waals surface area contributed by atoms with E-state index in [0.717, 1.165) is 42.3 Å². The molecule has 2 N–H and O–H groups in total. The third kappa shape index (κ3) is 2.00. The molecule has 1 fully saturated rings. The number of H-pyrrole nitrogens is 1. The molecule has 3 rings (SSSR count). The summed E-state index contributed by atoms with van der Waals surface area (Å²) in [6.45, 7) is 6.87. The third-order valence-electron chi connectivity index (χ3n) is 3.22. The number of nitrogens with one attached hydrogen (secondary N) is 2. The van der Waals surface area contributed by atoms with Crippen LogP contribution in [0.4, 0.5) is 5.69 Å². The number of aromatic amines is 1. The van der Waals surface area contributed by atoms with Crippen LogP contribution in [0.5, 0.6) is 0 Å². The standard InChI is InChI=1S/C13H17N3O/c1-9-15-11-4-3-10(5-12(11)16-9)14-6-13(2)7-17-8-13/h3-5,14H,6-8H2,1-2H3,(H,15,16). The van der Waals surface area contributed by atoms with E-state index in [2.05, 4.69) is 34.3 Å². The van der Waals surface area contributed by atoms with Gasteiger partial charge in [0.2, 0.25) is 0 Å². The van der Waals surface area contributed by atoms with Crippen molar-refractivity contribution < 1.29 is 4.74 Å². The predicted octanol–water partition coefficient (Wildman–Crippen LogP) is 2.32. The third-order valence-corrected chi connectivity index (χ3v) is 3.22. The first kappa shape index (κ1) is 10.6. The lowest BCUT2D eigenvalue weighted by atomic mass is 9.89. The van der Waals surface area contributed by atoms with Crippen LogP contribution >= 0.6 is 0 Å². The van der Waals surface area contributed by atoms with Crippen LogP contribution in [0.3, 0.4) is 0 Å². The summed E-state index contributed by atoms with van der Waals surface area (Å²) < 4.78 is 5.24. The van der Waals surface area contributed by atoms with Crippen LogP contribution in [-0.2, 0) is 4.74 Å². The Morgan fingerprint density at radius 1 is 1.47 bits per heavy atom. The minimum Gasteiger partial charge on any atom is -0.384 e. The van der Waals surface area contributed by atoms with Crippen LogP contribution in [0.1, 0.15) is 12.7 Å². The molecule has 0 atom stereocenters. The second kappa shape index (κ2) is 3.74. The number of aromatic nitrogens is 2. The van der Waals surface area contributed by atoms with E-state index in [4.69, 9.17) is 4.74 Å². The van der Waals surface area contributed by atoms with E-state index in [1.54, 1.807) is 0 Å². The van der Waals surface area contributed by atoms with Crippen LogP contribution < -0.4 is 5.32 Å². The molecule has 2 heterocycles. The molecule has 1 saturated heterocycles. The molecule has 0 radical (unpaired) electrons. The monoisotopic (exact) mass is 231 g/mol. The first-order valence-electron chi connectivity index (χ1n) is 5.93. The van der Waals surface area contributed by atoms with Crippen molar-refractivity contribution in [3.8, 4) is 0 Å². The number of fused-ring (bicyclic) bond motifs is 1. The van der Waals surface area contributed by atoms with Gasteiger partial charge in [0.15, 0.2) is 0 Å². The van der Waals surface area contributed by atoms with Gasteiger partial charge in [0.25, 0.3) is 0 Å². The molecule has 4 nitrogen and oxygen atoms in total. The minimum atomic E-state index is 0.291. The van der Waals surface area contributed by atoms with Gasteiger partial charge in [0, 0.05) is 17.6 Å². The number of imidazole rings is 1. The summed E-state index contributed by atoms with van der Waals surface area (Å²) in [5, 5.41) is 3.46. The summed E-state index contributed by atoms with van der Waals surface area (Å²) in [6.07, 6.45) is 0. The van der Waals surface area contributed by atoms with Crippen LogP contribution in [0, 0.1) is 12.3 Å². The quantitative estimate of drug-likeness (QED) is 0.852. The van der Waals surface area contributed by atoms with Crippen molar-refractivity contribution in [2.75, 3.05) is 25.1 Å². The first-order chi connectivity index (χ1) is 8.15. The van der Waals surface area contributed by atoms with Crippen LogP contribution in [0.25, 0.3) is 11.0 Å². The molecule has 2 aromatic rings. The maximum Gasteiger partial charge on any atom is 0.104 e. The summed E-state index contributed by atoms with van der Waals surface area (Å²) in [4.78, 5) is 7.64. The van der Waals surface area contributed by atoms with Gasteiger partial charge >= 0.3 is 0 Å². The number of anilines is 1. The largest absolute Gasteiger partial charge is 0.384 e. The van der Waals surface area contributed by atoms with E-state index in [1.165, 1.54) is 0 Å². The molecule has 1 aliphatic heterocycles. The van der Waals surface area contributed by atoms with E-state index in [9.17, 15) is 0 Å². The molecule has 4 heteroatoms. The van der Waals surface area contributed by atoms with E-state index < -0.39 is 0 Å². The van der Waals surface area contributed by atoms with Gasteiger partial charge in [-0.25, -0.2) is 4.98 Å². The highest BCUT2D eigenvalue weighted by atomic mass is 16.5. The average Bonchev–Trinajstić information content (AvgIpc) is 2.63. The van der Waals surface area contributed by atoms with Crippen molar-refractivity contribution in [2.45, 2.75) is 13.8 Å². The SMILES string of the molecule is Cc1nc2ccc(NCC3(C)COC3)cc2[nH]1. The second-order valence-corrected chi connectivity index (χ2v) is 5.21. The van der Waals surface area contributed by atoms with E-state index in [0.29, 0.717) is 5.41 Å². The Labute approximate surface area is 100 Å². The summed E-state index contributed by atoms with van der Waals surface area (Å²) in [5.74, 6) is 0.955. The molecule has 0 bridgehead atoms. The normalized spacial score (nSPS) is 18.0. The fraction of sp³-hybridized carbons (Fsp3) is 0.462. The molecule has 17 heavy (non-hydrogen) atoms. The van der Waals surface area contributed by atoms with Crippen molar-refractivity contribution in [1.82, 2.24) is 9.97 Å². The van der Waals surface area contributed by atoms with Gasteiger partial charge in [0.1, 0.15) is 5.82 Å². The number of aryl methyl sites for hydroxylation is 1. The second-order valence-electron chi connectivity index (χ2n) is 5.21. The molecule has 0 amide bonds. The Bertz CT molecular complexity index is 543. The van der Waals surface area contributed by atoms with Gasteiger partial charge in [-0.2, -0.15) is 0 Å². The highest BCUT2D eigenvalue weighted by molar-refractivity contribution is 5.79.